The first kappa shape index (κ1) is 19.3. The number of hydrogen-bond acceptors (Lipinski definition) is 2. The van der Waals surface area contributed by atoms with Crippen LogP contribution in [-0.2, 0) is 6.42 Å². The second kappa shape index (κ2) is 7.93. The first-order valence-corrected chi connectivity index (χ1v) is 13.2. The third kappa shape index (κ3) is 3.43. The van der Waals surface area contributed by atoms with E-state index in [1.165, 1.54) is 95.9 Å². The van der Waals surface area contributed by atoms with Gasteiger partial charge in [0.25, 0.3) is 0 Å². The Morgan fingerprint density at radius 2 is 1.29 bits per heavy atom. The minimum atomic E-state index is 1.22. The maximum Gasteiger partial charge on any atom is 0.0352 e. The van der Waals surface area contributed by atoms with Crippen molar-refractivity contribution in [2.24, 2.45) is 0 Å². The van der Waals surface area contributed by atoms with Crippen LogP contribution in [0.25, 0.3) is 52.5 Å². The van der Waals surface area contributed by atoms with E-state index in [9.17, 15) is 0 Å². The lowest BCUT2D eigenvalue weighted by Gasteiger charge is -2.08. The van der Waals surface area contributed by atoms with Gasteiger partial charge in [-0.15, -0.1) is 22.7 Å². The summed E-state index contributed by atoms with van der Waals surface area (Å²) in [7, 11) is 0. The molecule has 0 amide bonds. The van der Waals surface area contributed by atoms with Gasteiger partial charge in [0.05, 0.1) is 0 Å². The van der Waals surface area contributed by atoms with Crippen LogP contribution < -0.4 is 0 Å². The maximum absolute atomic E-state index is 2.44. The Morgan fingerprint density at radius 1 is 0.581 bits per heavy atom. The van der Waals surface area contributed by atoms with Crippen molar-refractivity contribution < 1.29 is 0 Å². The molecule has 0 aliphatic heterocycles. The van der Waals surface area contributed by atoms with E-state index >= 15 is 0 Å². The second-order valence-corrected chi connectivity index (χ2v) is 10.9. The summed E-state index contributed by atoms with van der Waals surface area (Å²) in [5.74, 6) is 0. The zero-order chi connectivity index (χ0) is 20.8. The van der Waals surface area contributed by atoms with Gasteiger partial charge < -0.3 is 0 Å². The molecule has 154 valence electrons. The monoisotopic (exact) mass is 438 g/mol. The third-order valence-corrected chi connectivity index (χ3v) is 8.66. The van der Waals surface area contributed by atoms with Crippen LogP contribution in [0.3, 0.4) is 0 Å². The standard InChI is InChI=1S/C29H26S2/c1-2-3-4-5-6-7-23-14-22-16-27-20(18-29(22)31-23)9-11-24-25(27)10-8-19-17-28-21(12-13-30-28)15-26(19)24/h8-18H,2-7H2,1H3. The number of unbranched alkanes of at least 4 members (excludes halogenated alkanes) is 4. The normalized spacial score (nSPS) is 12.2. The summed E-state index contributed by atoms with van der Waals surface area (Å²) in [6.07, 6.45) is 7.97. The highest BCUT2D eigenvalue weighted by Gasteiger charge is 2.09. The largest absolute Gasteiger partial charge is 0.144 e. The summed E-state index contributed by atoms with van der Waals surface area (Å²) in [5.41, 5.74) is 0. The number of thiophene rings is 2. The minimum absolute atomic E-state index is 1.22. The van der Waals surface area contributed by atoms with E-state index in [2.05, 4.69) is 73.0 Å². The van der Waals surface area contributed by atoms with Crippen molar-refractivity contribution in [3.8, 4) is 0 Å². The molecule has 0 radical (unpaired) electrons. The topological polar surface area (TPSA) is 0 Å². The Bertz CT molecular complexity index is 1550. The molecule has 2 heteroatoms. The molecule has 0 aliphatic rings. The first-order chi connectivity index (χ1) is 15.3. The summed E-state index contributed by atoms with van der Waals surface area (Å²) in [4.78, 5) is 1.54. The Kier molecular flexibility index (Phi) is 4.93. The van der Waals surface area contributed by atoms with E-state index < -0.39 is 0 Å². The van der Waals surface area contributed by atoms with Gasteiger partial charge in [-0.25, -0.2) is 0 Å². The molecule has 6 aromatic rings. The average Bonchev–Trinajstić information content (AvgIpc) is 3.41. The molecule has 6 rings (SSSR count). The zero-order valence-electron chi connectivity index (χ0n) is 17.9. The van der Waals surface area contributed by atoms with Crippen molar-refractivity contribution in [3.63, 3.8) is 0 Å². The number of rotatable bonds is 6. The van der Waals surface area contributed by atoms with E-state index in [-0.39, 0.29) is 0 Å². The molecule has 31 heavy (non-hydrogen) atoms. The Balaban J connectivity index is 1.45. The third-order valence-electron chi connectivity index (χ3n) is 6.62. The fourth-order valence-corrected chi connectivity index (χ4v) is 6.90. The molecule has 0 aliphatic carbocycles. The van der Waals surface area contributed by atoms with E-state index in [0.29, 0.717) is 0 Å². The van der Waals surface area contributed by atoms with Gasteiger partial charge in [-0.05, 0) is 97.7 Å². The molecule has 0 N–H and O–H groups in total. The number of fused-ring (bicyclic) bond motifs is 7. The SMILES string of the molecule is CCCCCCCc1cc2cc3c(ccc4c5cc6ccsc6cc5ccc34)cc2s1. The molecule has 0 unspecified atom stereocenters. The predicted molar refractivity (Wildman–Crippen MR) is 142 cm³/mol. The number of hydrogen-bond donors (Lipinski definition) is 0. The molecular weight excluding hydrogens is 412 g/mol. The molecular formula is C29H26S2. The molecule has 2 aromatic heterocycles. The van der Waals surface area contributed by atoms with Crippen molar-refractivity contribution in [2.45, 2.75) is 45.4 Å². The van der Waals surface area contributed by atoms with Gasteiger partial charge in [0.1, 0.15) is 0 Å². The fraction of sp³-hybridized carbons (Fsp3) is 0.241. The lowest BCUT2D eigenvalue weighted by molar-refractivity contribution is 0.634. The van der Waals surface area contributed by atoms with Gasteiger partial charge >= 0.3 is 0 Å². The molecule has 4 aromatic carbocycles. The van der Waals surface area contributed by atoms with Crippen LogP contribution in [0.4, 0.5) is 0 Å². The molecule has 0 saturated carbocycles. The second-order valence-electron chi connectivity index (χ2n) is 8.75. The van der Waals surface area contributed by atoms with Crippen LogP contribution in [0.5, 0.6) is 0 Å². The van der Waals surface area contributed by atoms with Crippen molar-refractivity contribution in [2.75, 3.05) is 0 Å². The van der Waals surface area contributed by atoms with E-state index in [1.807, 2.05) is 22.7 Å². The summed E-state index contributed by atoms with van der Waals surface area (Å²) in [6.45, 7) is 2.28. The van der Waals surface area contributed by atoms with Crippen molar-refractivity contribution in [3.05, 3.63) is 70.9 Å². The van der Waals surface area contributed by atoms with E-state index in [1.54, 1.807) is 0 Å². The van der Waals surface area contributed by atoms with Gasteiger partial charge in [0.2, 0.25) is 0 Å². The van der Waals surface area contributed by atoms with Gasteiger partial charge in [0.15, 0.2) is 0 Å². The quantitative estimate of drug-likeness (QED) is 0.179. The van der Waals surface area contributed by atoms with Crippen LogP contribution in [0.1, 0.15) is 43.9 Å². The summed E-state index contributed by atoms with van der Waals surface area (Å²) in [6, 6.07) is 23.5. The van der Waals surface area contributed by atoms with Gasteiger partial charge in [0, 0.05) is 14.3 Å². The predicted octanol–water partition coefficient (Wildman–Crippen LogP) is 10.1. The Hall–Kier alpha value is -2.42. The lowest BCUT2D eigenvalue weighted by atomic mass is 9.96. The average molecular weight is 439 g/mol. The van der Waals surface area contributed by atoms with Gasteiger partial charge in [-0.1, -0.05) is 56.9 Å². The van der Waals surface area contributed by atoms with E-state index in [4.69, 9.17) is 0 Å². The summed E-state index contributed by atoms with van der Waals surface area (Å²) >= 11 is 3.81. The highest BCUT2D eigenvalue weighted by molar-refractivity contribution is 7.19. The first-order valence-electron chi connectivity index (χ1n) is 11.5. The minimum Gasteiger partial charge on any atom is -0.144 e. The molecule has 0 atom stereocenters. The zero-order valence-corrected chi connectivity index (χ0v) is 19.5. The molecule has 0 spiro atoms. The highest BCUT2D eigenvalue weighted by atomic mass is 32.1. The number of benzene rings is 4. The van der Waals surface area contributed by atoms with Crippen molar-refractivity contribution >= 4 is 75.2 Å². The summed E-state index contributed by atoms with van der Waals surface area (Å²) in [5, 5.41) is 13.1. The smallest absolute Gasteiger partial charge is 0.0352 e. The van der Waals surface area contributed by atoms with Crippen molar-refractivity contribution in [1.29, 1.82) is 0 Å². The Labute approximate surface area is 191 Å². The maximum atomic E-state index is 2.44. The highest BCUT2D eigenvalue weighted by Crippen LogP contribution is 2.37. The van der Waals surface area contributed by atoms with Crippen LogP contribution in [-0.4, -0.2) is 0 Å². The molecule has 0 bridgehead atoms. The molecule has 0 nitrogen and oxygen atoms in total. The number of aryl methyl sites for hydroxylation is 1. The van der Waals surface area contributed by atoms with Crippen molar-refractivity contribution in [1.82, 2.24) is 0 Å². The van der Waals surface area contributed by atoms with Crippen LogP contribution in [0, 0.1) is 0 Å². The van der Waals surface area contributed by atoms with Crippen LogP contribution in [0.15, 0.2) is 66.0 Å². The molecule has 0 fully saturated rings. The van der Waals surface area contributed by atoms with Gasteiger partial charge in [-0.2, -0.15) is 0 Å². The lowest BCUT2D eigenvalue weighted by Crippen LogP contribution is -1.81. The Morgan fingerprint density at radius 3 is 2.06 bits per heavy atom. The van der Waals surface area contributed by atoms with Crippen LogP contribution in [0.2, 0.25) is 0 Å². The fourth-order valence-electron chi connectivity index (χ4n) is 4.95. The van der Waals surface area contributed by atoms with Crippen LogP contribution >= 0.6 is 22.7 Å². The molecule has 0 saturated heterocycles. The summed E-state index contributed by atoms with van der Waals surface area (Å²) < 4.78 is 2.80. The van der Waals surface area contributed by atoms with Gasteiger partial charge in [-0.3, -0.25) is 0 Å². The van der Waals surface area contributed by atoms with E-state index in [0.717, 1.165) is 0 Å². The molecule has 2 heterocycles.